The zero-order valence-corrected chi connectivity index (χ0v) is 11.7. The average molecular weight is 258 g/mol. The summed E-state index contributed by atoms with van der Waals surface area (Å²) in [4.78, 5) is 13.6. The summed E-state index contributed by atoms with van der Waals surface area (Å²) in [6, 6.07) is -0.239. The Hall–Kier alpha value is -0.810. The number of ether oxygens (including phenoxy) is 1. The summed E-state index contributed by atoms with van der Waals surface area (Å²) in [7, 11) is 0. The van der Waals surface area contributed by atoms with Crippen LogP contribution in [0.3, 0.4) is 0 Å². The van der Waals surface area contributed by atoms with Gasteiger partial charge in [0.2, 0.25) is 0 Å². The summed E-state index contributed by atoms with van der Waals surface area (Å²) in [6.07, 6.45) is 2.64. The van der Waals surface area contributed by atoms with Gasteiger partial charge in [0.05, 0.1) is 12.1 Å². The van der Waals surface area contributed by atoms with Gasteiger partial charge in [0, 0.05) is 13.1 Å². The Morgan fingerprint density at radius 2 is 2.17 bits per heavy atom. The van der Waals surface area contributed by atoms with E-state index >= 15 is 0 Å². The first kappa shape index (κ1) is 15.2. The second kappa shape index (κ2) is 6.38. The third-order valence-electron chi connectivity index (χ3n) is 3.85. The molecule has 0 radical (unpaired) electrons. The molecule has 0 aromatic carbocycles. The van der Waals surface area contributed by atoms with Crippen molar-refractivity contribution in [1.29, 1.82) is 0 Å². The number of carbonyl (C=O) groups excluding carboxylic acids is 1. The Morgan fingerprint density at radius 3 is 2.67 bits per heavy atom. The monoisotopic (exact) mass is 258 g/mol. The van der Waals surface area contributed by atoms with Crippen molar-refractivity contribution in [3.05, 3.63) is 0 Å². The average Bonchev–Trinajstić information content (AvgIpc) is 2.60. The van der Waals surface area contributed by atoms with E-state index in [2.05, 4.69) is 6.92 Å². The van der Waals surface area contributed by atoms with Crippen LogP contribution in [0.25, 0.3) is 0 Å². The Balaban J connectivity index is 2.77. The van der Waals surface area contributed by atoms with Crippen LogP contribution in [-0.2, 0) is 4.74 Å². The van der Waals surface area contributed by atoms with E-state index in [0.29, 0.717) is 19.5 Å². The number of unbranched alkanes of at least 4 members (excludes halogenated alkanes) is 2. The molecular weight excluding hydrogens is 232 g/mol. The highest BCUT2D eigenvalue weighted by Crippen LogP contribution is 2.33. The molecule has 1 aliphatic heterocycles. The summed E-state index contributed by atoms with van der Waals surface area (Å²) in [5.74, 6) is 0. The predicted octanol–water partition coefficient (Wildman–Crippen LogP) is 1.49. The van der Waals surface area contributed by atoms with Gasteiger partial charge < -0.3 is 15.6 Å². The number of aliphatic hydroxyl groups excluding tert-OH is 1. The number of amides is 1. The number of cyclic esters (lactones) is 1. The largest absolute Gasteiger partial charge is 0.438 e. The van der Waals surface area contributed by atoms with Crippen molar-refractivity contribution < 1.29 is 14.6 Å². The number of carbonyl (C=O) groups is 1. The van der Waals surface area contributed by atoms with Crippen molar-refractivity contribution in [3.8, 4) is 0 Å². The van der Waals surface area contributed by atoms with Gasteiger partial charge in [-0.1, -0.05) is 26.7 Å². The molecule has 18 heavy (non-hydrogen) atoms. The number of nitrogens with two attached hydrogens (primary N) is 1. The van der Waals surface area contributed by atoms with E-state index in [1.807, 2.05) is 6.92 Å². The van der Waals surface area contributed by atoms with E-state index in [0.717, 1.165) is 19.3 Å². The Labute approximate surface area is 109 Å². The van der Waals surface area contributed by atoms with Crippen LogP contribution in [0.4, 0.5) is 4.79 Å². The molecule has 3 N–H and O–H groups in total. The molecule has 0 spiro atoms. The lowest BCUT2D eigenvalue weighted by molar-refractivity contribution is -0.0594. The van der Waals surface area contributed by atoms with Crippen LogP contribution in [-0.4, -0.2) is 46.9 Å². The fraction of sp³-hybridized carbons (Fsp3) is 0.923. The standard InChI is InChI=1S/C13H26N2O3/c1-4-6-7-8-15-10(9-14)13(3,11(16)5-2)18-12(15)17/h10-11,16H,4-9,14H2,1-3H3/t10-,11-,13+/m1/s1. The maximum atomic E-state index is 11.9. The number of hydrogen-bond donors (Lipinski definition) is 2. The molecule has 106 valence electrons. The molecule has 1 fully saturated rings. The van der Waals surface area contributed by atoms with Crippen LogP contribution in [0, 0.1) is 0 Å². The first-order chi connectivity index (χ1) is 8.51. The quantitative estimate of drug-likeness (QED) is 0.678. The maximum Gasteiger partial charge on any atom is 0.410 e. The molecule has 0 aliphatic carbocycles. The second-order valence-electron chi connectivity index (χ2n) is 5.13. The first-order valence-corrected chi connectivity index (χ1v) is 6.88. The Bertz CT molecular complexity index is 285. The third kappa shape index (κ3) is 2.78. The van der Waals surface area contributed by atoms with Crippen LogP contribution < -0.4 is 5.73 Å². The normalized spacial score (nSPS) is 29.5. The van der Waals surface area contributed by atoms with Gasteiger partial charge in [0.1, 0.15) is 0 Å². The third-order valence-corrected chi connectivity index (χ3v) is 3.85. The molecule has 5 nitrogen and oxygen atoms in total. The van der Waals surface area contributed by atoms with E-state index in [4.69, 9.17) is 10.5 Å². The second-order valence-corrected chi connectivity index (χ2v) is 5.13. The first-order valence-electron chi connectivity index (χ1n) is 6.88. The van der Waals surface area contributed by atoms with E-state index in [9.17, 15) is 9.90 Å². The van der Waals surface area contributed by atoms with Crippen molar-refractivity contribution in [2.45, 2.75) is 64.2 Å². The molecule has 0 saturated carbocycles. The van der Waals surface area contributed by atoms with Crippen LogP contribution in [0.2, 0.25) is 0 Å². The lowest BCUT2D eigenvalue weighted by atomic mass is 9.88. The highest BCUT2D eigenvalue weighted by Gasteiger charge is 2.53. The molecule has 0 bridgehead atoms. The maximum absolute atomic E-state index is 11.9. The number of aliphatic hydroxyl groups is 1. The smallest absolute Gasteiger partial charge is 0.410 e. The van der Waals surface area contributed by atoms with Crippen molar-refractivity contribution in [1.82, 2.24) is 4.90 Å². The lowest BCUT2D eigenvalue weighted by Gasteiger charge is -2.34. The molecule has 1 heterocycles. The van der Waals surface area contributed by atoms with Crippen molar-refractivity contribution >= 4 is 6.09 Å². The van der Waals surface area contributed by atoms with Crippen LogP contribution in [0.15, 0.2) is 0 Å². The van der Waals surface area contributed by atoms with Gasteiger partial charge >= 0.3 is 6.09 Å². The topological polar surface area (TPSA) is 75.8 Å². The van der Waals surface area contributed by atoms with Crippen LogP contribution in [0.5, 0.6) is 0 Å². The van der Waals surface area contributed by atoms with Gasteiger partial charge in [0.25, 0.3) is 0 Å². The van der Waals surface area contributed by atoms with Gasteiger partial charge in [0.15, 0.2) is 5.60 Å². The lowest BCUT2D eigenvalue weighted by Crippen LogP contribution is -2.54. The molecule has 0 aromatic heterocycles. The summed E-state index contributed by atoms with van der Waals surface area (Å²) in [5.41, 5.74) is 4.89. The van der Waals surface area contributed by atoms with Gasteiger partial charge in [-0.2, -0.15) is 0 Å². The Morgan fingerprint density at radius 1 is 1.50 bits per heavy atom. The molecular formula is C13H26N2O3. The minimum absolute atomic E-state index is 0.239. The summed E-state index contributed by atoms with van der Waals surface area (Å²) in [6.45, 7) is 6.73. The number of hydrogen-bond acceptors (Lipinski definition) is 4. The Kier molecular flexibility index (Phi) is 5.41. The van der Waals surface area contributed by atoms with Gasteiger partial charge in [-0.05, 0) is 19.8 Å². The molecule has 1 amide bonds. The molecule has 1 saturated heterocycles. The number of rotatable bonds is 7. The molecule has 1 aliphatic rings. The van der Waals surface area contributed by atoms with Crippen molar-refractivity contribution in [3.63, 3.8) is 0 Å². The number of nitrogens with zero attached hydrogens (tertiary/aromatic N) is 1. The van der Waals surface area contributed by atoms with Crippen LogP contribution in [0.1, 0.15) is 46.5 Å². The minimum Gasteiger partial charge on any atom is -0.438 e. The zero-order chi connectivity index (χ0) is 13.8. The summed E-state index contributed by atoms with van der Waals surface area (Å²) >= 11 is 0. The molecule has 5 heteroatoms. The van der Waals surface area contributed by atoms with Crippen molar-refractivity contribution in [2.24, 2.45) is 5.73 Å². The van der Waals surface area contributed by atoms with Gasteiger partial charge in [-0.15, -0.1) is 0 Å². The summed E-state index contributed by atoms with van der Waals surface area (Å²) in [5, 5.41) is 10.1. The van der Waals surface area contributed by atoms with Crippen molar-refractivity contribution in [2.75, 3.05) is 13.1 Å². The fourth-order valence-corrected chi connectivity index (χ4v) is 2.59. The molecule has 0 unspecified atom stereocenters. The predicted molar refractivity (Wildman–Crippen MR) is 70.3 cm³/mol. The van der Waals surface area contributed by atoms with E-state index in [1.54, 1.807) is 11.8 Å². The van der Waals surface area contributed by atoms with Crippen LogP contribution >= 0.6 is 0 Å². The fourth-order valence-electron chi connectivity index (χ4n) is 2.59. The van der Waals surface area contributed by atoms with Gasteiger partial charge in [-0.25, -0.2) is 4.79 Å². The minimum atomic E-state index is -0.882. The molecule has 1 rings (SSSR count). The van der Waals surface area contributed by atoms with E-state index in [1.165, 1.54) is 0 Å². The van der Waals surface area contributed by atoms with E-state index in [-0.39, 0.29) is 12.1 Å². The highest BCUT2D eigenvalue weighted by molar-refractivity contribution is 5.71. The SMILES string of the molecule is CCCCCN1C(=O)O[C@](C)([C@H](O)CC)[C@H]1CN. The van der Waals surface area contributed by atoms with E-state index < -0.39 is 11.7 Å². The highest BCUT2D eigenvalue weighted by atomic mass is 16.6. The molecule has 0 aromatic rings. The molecule has 3 atom stereocenters. The summed E-state index contributed by atoms with van der Waals surface area (Å²) < 4.78 is 5.41. The zero-order valence-electron chi connectivity index (χ0n) is 11.7. The van der Waals surface area contributed by atoms with Gasteiger partial charge in [-0.3, -0.25) is 4.90 Å².